The number of halogens is 1. The van der Waals surface area contributed by atoms with Crippen molar-refractivity contribution in [2.75, 3.05) is 6.54 Å². The molecule has 1 aromatic heterocycles. The number of amides is 2. The second-order valence-electron chi connectivity index (χ2n) is 6.18. The van der Waals surface area contributed by atoms with Gasteiger partial charge >= 0.3 is 0 Å². The molecule has 0 spiro atoms. The molecule has 5 nitrogen and oxygen atoms in total. The SMILES string of the molecule is O=C1c2ccccc2C(=O)N1CCc1cnc(Cc2ccccc2Cl)[nH]1. The Balaban J connectivity index is 1.42. The molecule has 0 radical (unpaired) electrons. The molecule has 3 aromatic rings. The number of benzene rings is 2. The van der Waals surface area contributed by atoms with Crippen LogP contribution in [-0.2, 0) is 12.8 Å². The van der Waals surface area contributed by atoms with E-state index in [1.54, 1.807) is 30.5 Å². The fourth-order valence-corrected chi connectivity index (χ4v) is 3.32. The summed E-state index contributed by atoms with van der Waals surface area (Å²) in [6.07, 6.45) is 2.87. The van der Waals surface area contributed by atoms with Crippen LogP contribution in [0.15, 0.2) is 54.7 Å². The summed E-state index contributed by atoms with van der Waals surface area (Å²) in [4.78, 5) is 33.7. The molecule has 0 saturated heterocycles. The first-order valence-electron chi connectivity index (χ1n) is 8.35. The summed E-state index contributed by atoms with van der Waals surface area (Å²) in [5, 5.41) is 0.705. The molecule has 26 heavy (non-hydrogen) atoms. The number of nitrogens with zero attached hydrogens (tertiary/aromatic N) is 2. The Morgan fingerprint density at radius 1 is 0.962 bits per heavy atom. The van der Waals surface area contributed by atoms with Crippen LogP contribution in [0.3, 0.4) is 0 Å². The summed E-state index contributed by atoms with van der Waals surface area (Å²) in [6.45, 7) is 0.320. The van der Waals surface area contributed by atoms with E-state index in [1.807, 2.05) is 24.3 Å². The first-order chi connectivity index (χ1) is 12.6. The monoisotopic (exact) mass is 365 g/mol. The third-order valence-corrected chi connectivity index (χ3v) is 4.85. The lowest BCUT2D eigenvalue weighted by Crippen LogP contribution is -2.31. The Kier molecular flexibility index (Phi) is 4.31. The van der Waals surface area contributed by atoms with Crippen molar-refractivity contribution in [3.8, 4) is 0 Å². The normalized spacial score (nSPS) is 13.3. The van der Waals surface area contributed by atoms with Gasteiger partial charge < -0.3 is 4.98 Å². The summed E-state index contributed by atoms with van der Waals surface area (Å²) < 4.78 is 0. The van der Waals surface area contributed by atoms with Gasteiger partial charge in [-0.05, 0) is 23.8 Å². The third-order valence-electron chi connectivity index (χ3n) is 4.48. The van der Waals surface area contributed by atoms with Crippen molar-refractivity contribution in [3.05, 3.63) is 88.0 Å². The number of imide groups is 1. The predicted octanol–water partition coefficient (Wildman–Crippen LogP) is 3.49. The highest BCUT2D eigenvalue weighted by Crippen LogP contribution is 2.22. The molecular formula is C20H16ClN3O2. The summed E-state index contributed by atoms with van der Waals surface area (Å²) in [5.74, 6) is 0.332. The van der Waals surface area contributed by atoms with Gasteiger partial charge in [0.25, 0.3) is 11.8 Å². The lowest BCUT2D eigenvalue weighted by molar-refractivity contribution is 0.0656. The van der Waals surface area contributed by atoms with Crippen LogP contribution in [0.25, 0.3) is 0 Å². The Bertz CT molecular complexity index is 961. The Hall–Kier alpha value is -2.92. The molecule has 130 valence electrons. The molecule has 0 fully saturated rings. The summed E-state index contributed by atoms with van der Waals surface area (Å²) in [5.41, 5.74) is 2.82. The Morgan fingerprint density at radius 2 is 1.62 bits per heavy atom. The number of nitrogens with one attached hydrogen (secondary N) is 1. The average Bonchev–Trinajstić information content (AvgIpc) is 3.19. The van der Waals surface area contributed by atoms with Gasteiger partial charge in [-0.1, -0.05) is 41.9 Å². The van der Waals surface area contributed by atoms with Crippen molar-refractivity contribution in [1.82, 2.24) is 14.9 Å². The highest BCUT2D eigenvalue weighted by atomic mass is 35.5. The average molecular weight is 366 g/mol. The molecule has 1 N–H and O–H groups in total. The van der Waals surface area contributed by atoms with Gasteiger partial charge in [-0.3, -0.25) is 14.5 Å². The van der Waals surface area contributed by atoms with E-state index in [4.69, 9.17) is 11.6 Å². The molecule has 0 atom stereocenters. The van der Waals surface area contributed by atoms with Crippen molar-refractivity contribution < 1.29 is 9.59 Å². The molecule has 0 unspecified atom stereocenters. The number of carbonyl (C=O) groups is 2. The van der Waals surface area contributed by atoms with Crippen molar-refractivity contribution in [1.29, 1.82) is 0 Å². The van der Waals surface area contributed by atoms with Crippen molar-refractivity contribution in [2.24, 2.45) is 0 Å². The lowest BCUT2D eigenvalue weighted by Gasteiger charge is -2.12. The number of aromatic amines is 1. The maximum absolute atomic E-state index is 12.4. The van der Waals surface area contributed by atoms with Crippen LogP contribution in [0.4, 0.5) is 0 Å². The van der Waals surface area contributed by atoms with E-state index in [9.17, 15) is 9.59 Å². The number of imidazole rings is 1. The Morgan fingerprint density at radius 3 is 2.31 bits per heavy atom. The zero-order chi connectivity index (χ0) is 18.1. The van der Waals surface area contributed by atoms with E-state index in [0.29, 0.717) is 35.5 Å². The largest absolute Gasteiger partial charge is 0.346 e. The number of rotatable bonds is 5. The molecule has 4 rings (SSSR count). The van der Waals surface area contributed by atoms with Gasteiger partial charge in [0.15, 0.2) is 0 Å². The van der Waals surface area contributed by atoms with Gasteiger partial charge in [0.05, 0.1) is 11.1 Å². The lowest BCUT2D eigenvalue weighted by atomic mass is 10.1. The zero-order valence-electron chi connectivity index (χ0n) is 13.9. The molecule has 6 heteroatoms. The van der Waals surface area contributed by atoms with Crippen molar-refractivity contribution in [3.63, 3.8) is 0 Å². The van der Waals surface area contributed by atoms with Crippen LogP contribution in [0.5, 0.6) is 0 Å². The quantitative estimate of drug-likeness (QED) is 0.704. The maximum Gasteiger partial charge on any atom is 0.261 e. The first-order valence-corrected chi connectivity index (χ1v) is 8.72. The predicted molar refractivity (Wildman–Crippen MR) is 98.4 cm³/mol. The highest BCUT2D eigenvalue weighted by Gasteiger charge is 2.34. The molecule has 0 saturated carbocycles. The van der Waals surface area contributed by atoms with Crippen molar-refractivity contribution >= 4 is 23.4 Å². The van der Waals surface area contributed by atoms with Crippen LogP contribution in [0, 0.1) is 0 Å². The van der Waals surface area contributed by atoms with Crippen LogP contribution >= 0.6 is 11.6 Å². The summed E-state index contributed by atoms with van der Waals surface area (Å²) >= 11 is 6.18. The molecule has 2 aromatic carbocycles. The van der Waals surface area contributed by atoms with E-state index in [0.717, 1.165) is 17.1 Å². The standard InChI is InChI=1S/C20H16ClN3O2/c21-17-8-4-1-5-13(17)11-18-22-12-14(23-18)9-10-24-19(25)15-6-2-3-7-16(15)20(24)26/h1-8,12H,9-11H2,(H,22,23). The van der Waals surface area contributed by atoms with Crippen LogP contribution in [0.1, 0.15) is 37.8 Å². The molecule has 2 heterocycles. The van der Waals surface area contributed by atoms with Gasteiger partial charge in [0.1, 0.15) is 5.82 Å². The van der Waals surface area contributed by atoms with E-state index >= 15 is 0 Å². The van der Waals surface area contributed by atoms with Gasteiger partial charge in [-0.25, -0.2) is 4.98 Å². The van der Waals surface area contributed by atoms with Crippen LogP contribution in [-0.4, -0.2) is 33.2 Å². The zero-order valence-corrected chi connectivity index (χ0v) is 14.7. The fraction of sp³-hybridized carbons (Fsp3) is 0.150. The summed E-state index contributed by atoms with van der Waals surface area (Å²) in [6, 6.07) is 14.6. The number of hydrogen-bond acceptors (Lipinski definition) is 3. The van der Waals surface area contributed by atoms with Crippen molar-refractivity contribution in [2.45, 2.75) is 12.8 Å². The molecule has 1 aliphatic heterocycles. The number of H-pyrrole nitrogens is 1. The van der Waals surface area contributed by atoms with E-state index in [2.05, 4.69) is 9.97 Å². The van der Waals surface area contributed by atoms with Crippen LogP contribution < -0.4 is 0 Å². The fourth-order valence-electron chi connectivity index (χ4n) is 3.12. The molecular weight excluding hydrogens is 350 g/mol. The molecule has 2 amide bonds. The molecule has 0 aliphatic carbocycles. The number of aromatic nitrogens is 2. The van der Waals surface area contributed by atoms with Gasteiger partial charge in [0.2, 0.25) is 0 Å². The second kappa shape index (κ2) is 6.77. The van der Waals surface area contributed by atoms with E-state index < -0.39 is 0 Å². The number of carbonyl (C=O) groups excluding carboxylic acids is 2. The topological polar surface area (TPSA) is 66.1 Å². The summed E-state index contributed by atoms with van der Waals surface area (Å²) in [7, 11) is 0. The minimum absolute atomic E-state index is 0.235. The molecule has 1 aliphatic rings. The minimum Gasteiger partial charge on any atom is -0.346 e. The maximum atomic E-state index is 12.4. The highest BCUT2D eigenvalue weighted by molar-refractivity contribution is 6.31. The number of fused-ring (bicyclic) bond motifs is 1. The van der Waals surface area contributed by atoms with E-state index in [1.165, 1.54) is 4.90 Å². The van der Waals surface area contributed by atoms with Crippen LogP contribution in [0.2, 0.25) is 5.02 Å². The number of hydrogen-bond donors (Lipinski definition) is 1. The molecule has 0 bridgehead atoms. The minimum atomic E-state index is -0.235. The van der Waals surface area contributed by atoms with E-state index in [-0.39, 0.29) is 11.8 Å². The second-order valence-corrected chi connectivity index (χ2v) is 6.59. The first kappa shape index (κ1) is 16.5. The van der Waals surface area contributed by atoms with Gasteiger partial charge in [0, 0.05) is 36.3 Å². The Labute approximate surface area is 155 Å². The van der Waals surface area contributed by atoms with Gasteiger partial charge in [-0.15, -0.1) is 0 Å². The van der Waals surface area contributed by atoms with Gasteiger partial charge in [-0.2, -0.15) is 0 Å². The smallest absolute Gasteiger partial charge is 0.261 e. The third kappa shape index (κ3) is 3.02.